The van der Waals surface area contributed by atoms with E-state index in [-0.39, 0.29) is 12.1 Å². The van der Waals surface area contributed by atoms with Crippen LogP contribution in [0.25, 0.3) is 0 Å². The molecule has 0 unspecified atom stereocenters. The Labute approximate surface area is 120 Å². The van der Waals surface area contributed by atoms with Crippen LogP contribution in [0.2, 0.25) is 0 Å². The summed E-state index contributed by atoms with van der Waals surface area (Å²) in [4.78, 5) is 14.6. The van der Waals surface area contributed by atoms with Crippen LogP contribution in [0.4, 0.5) is 4.79 Å². The SMILES string of the molecule is C[C@H]1[C@H](NC(=O)n2cc(I)cn2)C2CCN1CC2. The minimum absolute atomic E-state index is 0.108. The highest BCUT2D eigenvalue weighted by Crippen LogP contribution is 2.32. The van der Waals surface area contributed by atoms with Gasteiger partial charge in [0.15, 0.2) is 0 Å². The van der Waals surface area contributed by atoms with Gasteiger partial charge >= 0.3 is 6.03 Å². The maximum Gasteiger partial charge on any atom is 0.342 e. The molecule has 4 rings (SSSR count). The second-order valence-electron chi connectivity index (χ2n) is 5.19. The Balaban J connectivity index is 1.71. The van der Waals surface area contributed by atoms with E-state index in [4.69, 9.17) is 0 Å². The lowest BCUT2D eigenvalue weighted by Gasteiger charge is -2.49. The Morgan fingerprint density at radius 3 is 2.78 bits per heavy atom. The average Bonchev–Trinajstić information content (AvgIpc) is 2.81. The molecule has 3 saturated heterocycles. The molecule has 0 spiro atoms. The zero-order chi connectivity index (χ0) is 12.7. The van der Waals surface area contributed by atoms with Gasteiger partial charge in [-0.1, -0.05) is 0 Å². The normalized spacial score (nSPS) is 34.6. The highest BCUT2D eigenvalue weighted by Gasteiger charge is 2.40. The molecule has 5 nitrogen and oxygen atoms in total. The zero-order valence-electron chi connectivity index (χ0n) is 10.3. The number of rotatable bonds is 1. The van der Waals surface area contributed by atoms with Crippen molar-refractivity contribution in [2.75, 3.05) is 13.1 Å². The number of halogens is 1. The predicted octanol–water partition coefficient (Wildman–Crippen LogP) is 1.53. The van der Waals surface area contributed by atoms with Gasteiger partial charge in [0.05, 0.1) is 9.77 Å². The summed E-state index contributed by atoms with van der Waals surface area (Å²) >= 11 is 2.16. The molecule has 3 fully saturated rings. The van der Waals surface area contributed by atoms with Gasteiger partial charge in [-0.3, -0.25) is 4.90 Å². The Morgan fingerprint density at radius 2 is 2.22 bits per heavy atom. The summed E-state index contributed by atoms with van der Waals surface area (Å²) in [6.45, 7) is 4.57. The fourth-order valence-corrected chi connectivity index (χ4v) is 3.55. The summed E-state index contributed by atoms with van der Waals surface area (Å²) in [6, 6.07) is 0.599. The third-order valence-electron chi connectivity index (χ3n) is 4.23. The van der Waals surface area contributed by atoms with Crippen LogP contribution >= 0.6 is 22.6 Å². The molecular weight excluding hydrogens is 343 g/mol. The van der Waals surface area contributed by atoms with Gasteiger partial charge in [0.1, 0.15) is 0 Å². The van der Waals surface area contributed by atoms with Gasteiger partial charge in [0.2, 0.25) is 0 Å². The van der Waals surface area contributed by atoms with Crippen molar-refractivity contribution in [3.05, 3.63) is 16.0 Å². The molecule has 0 aliphatic carbocycles. The monoisotopic (exact) mass is 360 g/mol. The number of piperidine rings is 3. The lowest BCUT2D eigenvalue weighted by Crippen LogP contribution is -2.62. The van der Waals surface area contributed by atoms with Crippen LogP contribution < -0.4 is 5.32 Å². The number of hydrogen-bond acceptors (Lipinski definition) is 3. The number of fused-ring (bicyclic) bond motifs is 3. The maximum atomic E-state index is 12.1. The zero-order valence-corrected chi connectivity index (χ0v) is 12.5. The molecule has 98 valence electrons. The molecule has 0 aromatic carbocycles. The summed E-state index contributed by atoms with van der Waals surface area (Å²) in [5, 5.41) is 7.20. The molecule has 2 atom stereocenters. The molecule has 3 aliphatic rings. The number of nitrogens with zero attached hydrogens (tertiary/aromatic N) is 3. The van der Waals surface area contributed by atoms with Gasteiger partial charge in [-0.05, 0) is 61.4 Å². The topological polar surface area (TPSA) is 50.2 Å². The Hall–Kier alpha value is -0.630. The first-order valence-corrected chi connectivity index (χ1v) is 7.48. The fourth-order valence-electron chi connectivity index (χ4n) is 3.17. The second kappa shape index (κ2) is 4.80. The minimum Gasteiger partial charge on any atom is -0.332 e. The van der Waals surface area contributed by atoms with Crippen LogP contribution in [0.15, 0.2) is 12.4 Å². The number of aromatic nitrogens is 2. The quantitative estimate of drug-likeness (QED) is 0.773. The molecule has 1 aromatic heterocycles. The van der Waals surface area contributed by atoms with Gasteiger partial charge in [0, 0.05) is 18.3 Å². The molecule has 1 amide bonds. The molecule has 1 N–H and O–H groups in total. The van der Waals surface area contributed by atoms with E-state index in [0.717, 1.165) is 3.57 Å². The first kappa shape index (κ1) is 12.4. The maximum absolute atomic E-state index is 12.1. The highest BCUT2D eigenvalue weighted by atomic mass is 127. The van der Waals surface area contributed by atoms with Gasteiger partial charge in [-0.2, -0.15) is 9.78 Å². The molecule has 2 bridgehead atoms. The largest absolute Gasteiger partial charge is 0.342 e. The van der Waals surface area contributed by atoms with Crippen LogP contribution in [0.1, 0.15) is 19.8 Å². The van der Waals surface area contributed by atoms with Crippen molar-refractivity contribution >= 4 is 28.6 Å². The van der Waals surface area contributed by atoms with E-state index in [1.807, 2.05) is 0 Å². The average molecular weight is 360 g/mol. The molecule has 6 heteroatoms. The number of nitrogens with one attached hydrogen (secondary N) is 1. The van der Waals surface area contributed by atoms with Crippen molar-refractivity contribution in [1.82, 2.24) is 20.0 Å². The third kappa shape index (κ3) is 2.16. The third-order valence-corrected chi connectivity index (χ3v) is 4.78. The Bertz CT molecular complexity index is 451. The van der Waals surface area contributed by atoms with Crippen LogP contribution in [0.5, 0.6) is 0 Å². The van der Waals surface area contributed by atoms with Gasteiger partial charge < -0.3 is 5.32 Å². The smallest absolute Gasteiger partial charge is 0.332 e. The fraction of sp³-hybridized carbons (Fsp3) is 0.667. The summed E-state index contributed by atoms with van der Waals surface area (Å²) < 4.78 is 2.37. The molecule has 0 radical (unpaired) electrons. The highest BCUT2D eigenvalue weighted by molar-refractivity contribution is 14.1. The van der Waals surface area contributed by atoms with E-state index in [1.54, 1.807) is 12.4 Å². The van der Waals surface area contributed by atoms with Gasteiger partial charge in [-0.15, -0.1) is 0 Å². The minimum atomic E-state index is -0.108. The molecular formula is C12H17IN4O. The van der Waals surface area contributed by atoms with E-state index >= 15 is 0 Å². The van der Waals surface area contributed by atoms with Crippen molar-refractivity contribution in [2.24, 2.45) is 5.92 Å². The molecule has 18 heavy (non-hydrogen) atoms. The first-order valence-electron chi connectivity index (χ1n) is 6.40. The summed E-state index contributed by atoms with van der Waals surface area (Å²) in [5.41, 5.74) is 0. The van der Waals surface area contributed by atoms with E-state index in [1.165, 1.54) is 30.6 Å². The number of amides is 1. The number of hydrogen-bond donors (Lipinski definition) is 1. The lowest BCUT2D eigenvalue weighted by molar-refractivity contribution is 0.0266. The van der Waals surface area contributed by atoms with E-state index in [2.05, 4.69) is 44.8 Å². The first-order chi connectivity index (χ1) is 8.65. The van der Waals surface area contributed by atoms with E-state index < -0.39 is 0 Å². The summed E-state index contributed by atoms with van der Waals surface area (Å²) in [5.74, 6) is 0.628. The second-order valence-corrected chi connectivity index (χ2v) is 6.44. The standard InChI is InChI=1S/C12H17IN4O/c1-8-11(9-2-4-16(8)5-3-9)15-12(18)17-7-10(13)6-14-17/h6-9,11H,2-5H2,1H3,(H,15,18)/t8-,11-/m0/s1. The molecule has 1 aromatic rings. The van der Waals surface area contributed by atoms with Gasteiger partial charge in [0.25, 0.3) is 0 Å². The van der Waals surface area contributed by atoms with Crippen molar-refractivity contribution in [1.29, 1.82) is 0 Å². The van der Waals surface area contributed by atoms with Crippen molar-refractivity contribution in [3.63, 3.8) is 0 Å². The van der Waals surface area contributed by atoms with Crippen LogP contribution in [0, 0.1) is 9.49 Å². The Morgan fingerprint density at radius 1 is 1.50 bits per heavy atom. The number of carbonyl (C=O) groups is 1. The predicted molar refractivity (Wildman–Crippen MR) is 76.4 cm³/mol. The molecule has 3 aliphatic heterocycles. The van der Waals surface area contributed by atoms with Crippen molar-refractivity contribution in [2.45, 2.75) is 31.8 Å². The van der Waals surface area contributed by atoms with Crippen LogP contribution in [-0.2, 0) is 0 Å². The summed E-state index contributed by atoms with van der Waals surface area (Å²) in [6.07, 6.45) is 5.85. The van der Waals surface area contributed by atoms with E-state index in [0.29, 0.717) is 12.0 Å². The van der Waals surface area contributed by atoms with E-state index in [9.17, 15) is 4.79 Å². The molecule has 4 heterocycles. The number of carbonyl (C=O) groups excluding carboxylic acids is 1. The summed E-state index contributed by atoms with van der Waals surface area (Å²) in [7, 11) is 0. The van der Waals surface area contributed by atoms with Crippen LogP contribution in [-0.4, -0.2) is 45.9 Å². The van der Waals surface area contributed by atoms with Crippen molar-refractivity contribution < 1.29 is 4.79 Å². The molecule has 0 saturated carbocycles. The van der Waals surface area contributed by atoms with Crippen LogP contribution in [0.3, 0.4) is 0 Å². The lowest BCUT2D eigenvalue weighted by atomic mass is 9.79. The van der Waals surface area contributed by atoms with Gasteiger partial charge in [-0.25, -0.2) is 4.79 Å². The Kier molecular flexibility index (Phi) is 3.31. The van der Waals surface area contributed by atoms with Crippen molar-refractivity contribution in [3.8, 4) is 0 Å².